The molecule has 1 fully saturated rings. The first kappa shape index (κ1) is 16.6. The van der Waals surface area contributed by atoms with Gasteiger partial charge in [-0.15, -0.1) is 0 Å². The predicted molar refractivity (Wildman–Crippen MR) is 93.9 cm³/mol. The van der Waals surface area contributed by atoms with Crippen molar-refractivity contribution in [3.8, 4) is 0 Å². The molecule has 1 aliphatic rings. The number of nitrogens with zero attached hydrogens (tertiary/aromatic N) is 5. The molecule has 138 valence electrons. The van der Waals surface area contributed by atoms with E-state index in [1.54, 1.807) is 41.3 Å². The van der Waals surface area contributed by atoms with E-state index in [0.29, 0.717) is 16.1 Å². The number of hydrogen-bond acceptors (Lipinski definition) is 3. The van der Waals surface area contributed by atoms with Crippen molar-refractivity contribution >= 4 is 28.2 Å². The van der Waals surface area contributed by atoms with Crippen molar-refractivity contribution in [3.05, 3.63) is 59.4 Å². The summed E-state index contributed by atoms with van der Waals surface area (Å²) in [6, 6.07) is 5.22. The Morgan fingerprint density at radius 2 is 2.00 bits per heavy atom. The molecule has 0 saturated heterocycles. The van der Waals surface area contributed by atoms with Crippen molar-refractivity contribution in [1.82, 2.24) is 24.1 Å². The molecule has 1 saturated carbocycles. The summed E-state index contributed by atoms with van der Waals surface area (Å²) in [5.41, 5.74) is 3.06. The molecule has 1 aliphatic carbocycles. The molecule has 0 aliphatic heterocycles. The van der Waals surface area contributed by atoms with E-state index in [0.717, 1.165) is 23.3 Å². The third kappa shape index (κ3) is 2.93. The summed E-state index contributed by atoms with van der Waals surface area (Å²) in [6.45, 7) is -1.01. The van der Waals surface area contributed by atoms with Crippen molar-refractivity contribution in [1.29, 1.82) is 0 Å². The van der Waals surface area contributed by atoms with Gasteiger partial charge in [-0.1, -0.05) is 11.6 Å². The Morgan fingerprint density at radius 1 is 1.15 bits per heavy atom. The molecule has 4 heterocycles. The molecule has 0 spiro atoms. The lowest BCUT2D eigenvalue weighted by Crippen LogP contribution is -2.16. The Balaban J connectivity index is 1.50. The van der Waals surface area contributed by atoms with Crippen LogP contribution in [0.4, 0.5) is 13.2 Å². The third-order valence-electron chi connectivity index (χ3n) is 4.95. The van der Waals surface area contributed by atoms with E-state index in [2.05, 4.69) is 15.1 Å². The Morgan fingerprint density at radius 3 is 2.81 bits per heavy atom. The molecule has 0 radical (unpaired) electrons. The molecule has 2 atom stereocenters. The van der Waals surface area contributed by atoms with Gasteiger partial charge in [0, 0.05) is 47.3 Å². The molecule has 4 aromatic rings. The lowest BCUT2D eigenvalue weighted by molar-refractivity contribution is -0.139. The second-order valence-corrected chi connectivity index (χ2v) is 7.18. The Bertz CT molecular complexity index is 1160. The molecule has 4 aromatic heterocycles. The van der Waals surface area contributed by atoms with Crippen LogP contribution in [0.1, 0.15) is 29.5 Å². The largest absolute Gasteiger partial charge is 0.406 e. The van der Waals surface area contributed by atoms with Gasteiger partial charge in [0.1, 0.15) is 11.7 Å². The van der Waals surface area contributed by atoms with Gasteiger partial charge in [0.15, 0.2) is 5.65 Å². The van der Waals surface area contributed by atoms with Gasteiger partial charge >= 0.3 is 6.18 Å². The topological polar surface area (TPSA) is 48.0 Å². The monoisotopic (exact) mass is 391 g/mol. The van der Waals surface area contributed by atoms with Crippen LogP contribution >= 0.6 is 11.6 Å². The number of hydrogen-bond donors (Lipinski definition) is 0. The lowest BCUT2D eigenvalue weighted by Gasteiger charge is -2.10. The number of fused-ring (bicyclic) bond motifs is 2. The minimum Gasteiger partial charge on any atom is -0.338 e. The molecule has 27 heavy (non-hydrogen) atoms. The van der Waals surface area contributed by atoms with E-state index in [1.807, 2.05) is 0 Å². The van der Waals surface area contributed by atoms with Crippen molar-refractivity contribution in [2.45, 2.75) is 31.0 Å². The summed E-state index contributed by atoms with van der Waals surface area (Å²) in [6.07, 6.45) is 3.06. The number of imidazole rings is 1. The van der Waals surface area contributed by atoms with E-state index in [4.69, 9.17) is 11.6 Å². The fourth-order valence-electron chi connectivity index (χ4n) is 3.68. The number of alkyl halides is 3. The molecular formula is C18H13ClF3N5. The number of aromatic nitrogens is 5. The van der Waals surface area contributed by atoms with Gasteiger partial charge in [-0.2, -0.15) is 18.3 Å². The van der Waals surface area contributed by atoms with E-state index in [-0.39, 0.29) is 11.8 Å². The van der Waals surface area contributed by atoms with Crippen LogP contribution in [0.25, 0.3) is 16.6 Å². The van der Waals surface area contributed by atoms with Crippen LogP contribution < -0.4 is 0 Å². The average molecular weight is 392 g/mol. The highest BCUT2D eigenvalue weighted by atomic mass is 35.5. The van der Waals surface area contributed by atoms with Crippen LogP contribution in [-0.4, -0.2) is 30.3 Å². The quantitative estimate of drug-likeness (QED) is 0.514. The smallest absolute Gasteiger partial charge is 0.338 e. The highest BCUT2D eigenvalue weighted by Gasteiger charge is 2.42. The Labute approximate surface area is 156 Å². The maximum Gasteiger partial charge on any atom is 0.406 e. The van der Waals surface area contributed by atoms with Gasteiger partial charge in [-0.3, -0.25) is 4.98 Å². The summed E-state index contributed by atoms with van der Waals surface area (Å²) in [7, 11) is 0. The zero-order valence-electron chi connectivity index (χ0n) is 13.9. The third-order valence-corrected chi connectivity index (χ3v) is 5.14. The van der Waals surface area contributed by atoms with Gasteiger partial charge in [-0.25, -0.2) is 9.50 Å². The highest BCUT2D eigenvalue weighted by molar-refractivity contribution is 6.29. The number of pyridine rings is 1. The van der Waals surface area contributed by atoms with Crippen LogP contribution in [0.3, 0.4) is 0 Å². The first-order valence-electron chi connectivity index (χ1n) is 8.40. The maximum atomic E-state index is 12.8. The molecule has 1 unspecified atom stereocenters. The SMILES string of the molecule is FC(F)(F)Cn1ccc2cnc(C3C[C@@H]3c3cc(Cl)nn4ccnc34)cc21. The molecule has 5 rings (SSSR count). The van der Waals surface area contributed by atoms with Crippen LogP contribution in [0.15, 0.2) is 43.0 Å². The van der Waals surface area contributed by atoms with Gasteiger partial charge in [0.25, 0.3) is 0 Å². The minimum absolute atomic E-state index is 0.127. The van der Waals surface area contributed by atoms with Crippen molar-refractivity contribution in [3.63, 3.8) is 0 Å². The Hall–Kier alpha value is -2.61. The second kappa shape index (κ2) is 5.69. The van der Waals surface area contributed by atoms with Gasteiger partial charge in [-0.05, 0) is 30.5 Å². The summed E-state index contributed by atoms with van der Waals surface area (Å²) in [5.74, 6) is 0.300. The first-order valence-corrected chi connectivity index (χ1v) is 8.78. The second-order valence-electron chi connectivity index (χ2n) is 6.79. The van der Waals surface area contributed by atoms with Crippen LogP contribution in [0.5, 0.6) is 0 Å². The molecule has 0 N–H and O–H groups in total. The van der Waals surface area contributed by atoms with Crippen LogP contribution in [0, 0.1) is 0 Å². The summed E-state index contributed by atoms with van der Waals surface area (Å²) < 4.78 is 41.2. The van der Waals surface area contributed by atoms with Crippen molar-refractivity contribution < 1.29 is 13.2 Å². The van der Waals surface area contributed by atoms with Gasteiger partial charge < -0.3 is 4.57 Å². The average Bonchev–Trinajstić information content (AvgIpc) is 3.10. The molecule has 9 heteroatoms. The molecule has 0 aromatic carbocycles. The first-order chi connectivity index (χ1) is 12.9. The van der Waals surface area contributed by atoms with Crippen molar-refractivity contribution in [2.75, 3.05) is 0 Å². The van der Waals surface area contributed by atoms with Gasteiger partial charge in [0.05, 0.1) is 5.52 Å². The van der Waals surface area contributed by atoms with Crippen LogP contribution in [-0.2, 0) is 6.54 Å². The minimum atomic E-state index is -4.27. The molecular weight excluding hydrogens is 379 g/mol. The Kier molecular flexibility index (Phi) is 3.49. The molecule has 0 bridgehead atoms. The van der Waals surface area contributed by atoms with E-state index >= 15 is 0 Å². The number of halogens is 4. The van der Waals surface area contributed by atoms with Gasteiger partial charge in [0.2, 0.25) is 0 Å². The summed E-state index contributed by atoms with van der Waals surface area (Å²) >= 11 is 6.11. The van der Waals surface area contributed by atoms with E-state index < -0.39 is 12.7 Å². The standard InChI is InChI=1S/C18H13ClF3N5/c19-16-6-13(17-23-2-4-27(17)25-16)11-5-12(11)14-7-15-10(8-24-14)1-3-26(15)9-18(20,21)22/h1-4,6-8,11-12H,5,9H2/t11-,12?/m0/s1. The highest BCUT2D eigenvalue weighted by Crippen LogP contribution is 2.55. The number of rotatable bonds is 3. The molecule has 0 amide bonds. The fourth-order valence-corrected chi connectivity index (χ4v) is 3.88. The summed E-state index contributed by atoms with van der Waals surface area (Å²) in [5, 5.41) is 5.25. The zero-order valence-corrected chi connectivity index (χ0v) is 14.6. The lowest BCUT2D eigenvalue weighted by atomic mass is 10.1. The maximum absolute atomic E-state index is 12.8. The van der Waals surface area contributed by atoms with E-state index in [1.165, 1.54) is 10.8 Å². The zero-order chi connectivity index (χ0) is 18.8. The van der Waals surface area contributed by atoms with Crippen molar-refractivity contribution in [2.24, 2.45) is 0 Å². The molecule has 5 nitrogen and oxygen atoms in total. The van der Waals surface area contributed by atoms with E-state index in [9.17, 15) is 13.2 Å². The summed E-state index contributed by atoms with van der Waals surface area (Å²) in [4.78, 5) is 8.81. The normalized spacial score (nSPS) is 19.9. The van der Waals surface area contributed by atoms with Crippen LogP contribution in [0.2, 0.25) is 5.15 Å². The fraction of sp³-hybridized carbons (Fsp3) is 0.278. The predicted octanol–water partition coefficient (Wildman–Crippen LogP) is 4.57.